The van der Waals surface area contributed by atoms with Gasteiger partial charge in [0.25, 0.3) is 0 Å². The molecular formula is C12H16N2O2S. The number of rotatable bonds is 5. The lowest BCUT2D eigenvalue weighted by molar-refractivity contribution is 0.0698. The van der Waals surface area contributed by atoms with Crippen LogP contribution in [0.3, 0.4) is 0 Å². The van der Waals surface area contributed by atoms with E-state index in [0.29, 0.717) is 10.4 Å². The highest BCUT2D eigenvalue weighted by atomic mass is 32.2. The number of nitrogens with one attached hydrogen (secondary N) is 1. The average Bonchev–Trinajstić information content (AvgIpc) is 3.07. The van der Waals surface area contributed by atoms with Crippen LogP contribution in [0.15, 0.2) is 18.2 Å². The smallest absolute Gasteiger partial charge is 0.337 e. The maximum Gasteiger partial charge on any atom is 0.337 e. The molecular weight excluding hydrogens is 236 g/mol. The number of nitrogens with two attached hydrogens (primary N) is 1. The number of hydrogen-bond acceptors (Lipinski definition) is 4. The first-order chi connectivity index (χ1) is 8.06. The SMILES string of the molecule is CSC1(CNc2ccc(C(=O)O)c(N)c2)CC1. The fourth-order valence-corrected chi connectivity index (χ4v) is 2.45. The van der Waals surface area contributed by atoms with Crippen molar-refractivity contribution in [2.75, 3.05) is 23.9 Å². The number of benzene rings is 1. The van der Waals surface area contributed by atoms with Gasteiger partial charge in [-0.15, -0.1) is 0 Å². The van der Waals surface area contributed by atoms with Crippen molar-refractivity contribution in [3.63, 3.8) is 0 Å². The lowest BCUT2D eigenvalue weighted by Crippen LogP contribution is -2.17. The van der Waals surface area contributed by atoms with Gasteiger partial charge in [0.2, 0.25) is 0 Å². The zero-order valence-corrected chi connectivity index (χ0v) is 10.5. The molecule has 1 aromatic carbocycles. The lowest BCUT2D eigenvalue weighted by atomic mass is 10.1. The molecule has 0 amide bonds. The van der Waals surface area contributed by atoms with Gasteiger partial charge in [0.15, 0.2) is 0 Å². The molecule has 0 atom stereocenters. The third-order valence-corrected chi connectivity index (χ3v) is 4.56. The normalized spacial score (nSPS) is 16.5. The van der Waals surface area contributed by atoms with E-state index in [4.69, 9.17) is 10.8 Å². The Labute approximate surface area is 105 Å². The summed E-state index contributed by atoms with van der Waals surface area (Å²) in [5.74, 6) is -0.989. The van der Waals surface area contributed by atoms with Crippen molar-refractivity contribution in [3.8, 4) is 0 Å². The number of aromatic carboxylic acids is 1. The van der Waals surface area contributed by atoms with Gasteiger partial charge < -0.3 is 16.2 Å². The molecule has 0 spiro atoms. The Balaban J connectivity index is 2.03. The summed E-state index contributed by atoms with van der Waals surface area (Å²) in [5.41, 5.74) is 7.02. The van der Waals surface area contributed by atoms with Crippen molar-refractivity contribution in [2.45, 2.75) is 17.6 Å². The number of nitrogen functional groups attached to an aromatic ring is 1. The number of anilines is 2. The Morgan fingerprint density at radius 3 is 2.76 bits per heavy atom. The van der Waals surface area contributed by atoms with Gasteiger partial charge in [0, 0.05) is 22.7 Å². The van der Waals surface area contributed by atoms with Crippen molar-refractivity contribution >= 4 is 29.1 Å². The maximum absolute atomic E-state index is 10.8. The Morgan fingerprint density at radius 1 is 1.59 bits per heavy atom. The highest BCUT2D eigenvalue weighted by Gasteiger charge is 2.41. The quantitative estimate of drug-likeness (QED) is 0.701. The molecule has 1 saturated carbocycles. The number of thioether (sulfide) groups is 1. The first-order valence-electron chi connectivity index (χ1n) is 5.48. The number of carboxylic acid groups (broad SMARTS) is 1. The molecule has 4 N–H and O–H groups in total. The second-order valence-electron chi connectivity index (χ2n) is 4.35. The Morgan fingerprint density at radius 2 is 2.29 bits per heavy atom. The molecule has 92 valence electrons. The van der Waals surface area contributed by atoms with Gasteiger partial charge in [0.05, 0.1) is 5.56 Å². The largest absolute Gasteiger partial charge is 0.478 e. The van der Waals surface area contributed by atoms with Crippen molar-refractivity contribution in [1.82, 2.24) is 0 Å². The zero-order chi connectivity index (χ0) is 12.5. The molecule has 0 unspecified atom stereocenters. The Bertz CT molecular complexity index is 444. The molecule has 1 aliphatic carbocycles. The van der Waals surface area contributed by atoms with Gasteiger partial charge in [-0.2, -0.15) is 11.8 Å². The van der Waals surface area contributed by atoms with Crippen LogP contribution in [0.1, 0.15) is 23.2 Å². The third-order valence-electron chi connectivity index (χ3n) is 3.14. The van der Waals surface area contributed by atoms with Crippen LogP contribution in [0.2, 0.25) is 0 Å². The van der Waals surface area contributed by atoms with Gasteiger partial charge in [-0.05, 0) is 37.3 Å². The molecule has 0 aliphatic heterocycles. The molecule has 0 radical (unpaired) electrons. The van der Waals surface area contributed by atoms with Crippen molar-refractivity contribution < 1.29 is 9.90 Å². The summed E-state index contributed by atoms with van der Waals surface area (Å²) in [7, 11) is 0. The highest BCUT2D eigenvalue weighted by molar-refractivity contribution is 8.00. The van der Waals surface area contributed by atoms with E-state index in [9.17, 15) is 4.79 Å². The van der Waals surface area contributed by atoms with E-state index in [2.05, 4.69) is 11.6 Å². The fraction of sp³-hybridized carbons (Fsp3) is 0.417. The number of hydrogen-bond donors (Lipinski definition) is 3. The predicted molar refractivity (Wildman–Crippen MR) is 71.8 cm³/mol. The highest BCUT2D eigenvalue weighted by Crippen LogP contribution is 2.47. The number of carbonyl (C=O) groups is 1. The molecule has 5 heteroatoms. The van der Waals surface area contributed by atoms with E-state index in [1.165, 1.54) is 12.8 Å². The van der Waals surface area contributed by atoms with Crippen LogP contribution in [-0.4, -0.2) is 28.6 Å². The van der Waals surface area contributed by atoms with E-state index in [1.807, 2.05) is 11.8 Å². The Hall–Kier alpha value is -1.36. The van der Waals surface area contributed by atoms with Gasteiger partial charge >= 0.3 is 5.97 Å². The minimum Gasteiger partial charge on any atom is -0.478 e. The number of carboxylic acids is 1. The molecule has 0 aromatic heterocycles. The first-order valence-corrected chi connectivity index (χ1v) is 6.71. The van der Waals surface area contributed by atoms with Crippen LogP contribution in [0.25, 0.3) is 0 Å². The summed E-state index contributed by atoms with van der Waals surface area (Å²) in [6.45, 7) is 0.903. The van der Waals surface area contributed by atoms with Gasteiger partial charge in [0.1, 0.15) is 0 Å². The van der Waals surface area contributed by atoms with E-state index < -0.39 is 5.97 Å². The second-order valence-corrected chi connectivity index (χ2v) is 5.62. The molecule has 0 saturated heterocycles. The van der Waals surface area contributed by atoms with Gasteiger partial charge in [-0.1, -0.05) is 0 Å². The zero-order valence-electron chi connectivity index (χ0n) is 9.69. The summed E-state index contributed by atoms with van der Waals surface area (Å²) in [6.07, 6.45) is 4.60. The summed E-state index contributed by atoms with van der Waals surface area (Å²) in [4.78, 5) is 10.8. The maximum atomic E-state index is 10.8. The molecule has 1 fully saturated rings. The first kappa shape index (κ1) is 12.1. The van der Waals surface area contributed by atoms with E-state index in [-0.39, 0.29) is 5.56 Å². The van der Waals surface area contributed by atoms with Crippen molar-refractivity contribution in [3.05, 3.63) is 23.8 Å². The van der Waals surface area contributed by atoms with Crippen molar-refractivity contribution in [1.29, 1.82) is 0 Å². The second kappa shape index (κ2) is 4.49. The average molecular weight is 252 g/mol. The van der Waals surface area contributed by atoms with Gasteiger partial charge in [-0.3, -0.25) is 0 Å². The topological polar surface area (TPSA) is 75.3 Å². The molecule has 0 bridgehead atoms. The molecule has 0 heterocycles. The predicted octanol–water partition coefficient (Wildman–Crippen LogP) is 2.27. The Kier molecular flexibility index (Phi) is 3.19. The molecule has 17 heavy (non-hydrogen) atoms. The third kappa shape index (κ3) is 2.66. The molecule has 2 rings (SSSR count). The van der Waals surface area contributed by atoms with Gasteiger partial charge in [-0.25, -0.2) is 4.79 Å². The summed E-state index contributed by atoms with van der Waals surface area (Å²) in [6, 6.07) is 4.98. The molecule has 1 aromatic rings. The molecule has 1 aliphatic rings. The summed E-state index contributed by atoms with van der Waals surface area (Å²) < 4.78 is 0.375. The van der Waals surface area contributed by atoms with E-state index in [1.54, 1.807) is 18.2 Å². The minimum atomic E-state index is -0.989. The standard InChI is InChI=1S/C12H16N2O2S/c1-17-12(4-5-12)7-14-8-2-3-9(11(15)16)10(13)6-8/h2-3,6,14H,4-5,7,13H2,1H3,(H,15,16). The van der Waals surface area contributed by atoms with Crippen molar-refractivity contribution in [2.24, 2.45) is 0 Å². The molecule has 4 nitrogen and oxygen atoms in total. The summed E-state index contributed by atoms with van der Waals surface area (Å²) >= 11 is 1.88. The van der Waals surface area contributed by atoms with E-state index in [0.717, 1.165) is 12.2 Å². The monoisotopic (exact) mass is 252 g/mol. The van der Waals surface area contributed by atoms with Crippen LogP contribution >= 0.6 is 11.8 Å². The van der Waals surface area contributed by atoms with E-state index >= 15 is 0 Å². The fourth-order valence-electron chi connectivity index (χ4n) is 1.72. The van der Waals surface area contributed by atoms with Crippen LogP contribution in [-0.2, 0) is 0 Å². The van der Waals surface area contributed by atoms with Crippen LogP contribution in [0.5, 0.6) is 0 Å². The van der Waals surface area contributed by atoms with Crippen LogP contribution in [0, 0.1) is 0 Å². The summed E-state index contributed by atoms with van der Waals surface area (Å²) in [5, 5.41) is 12.2. The lowest BCUT2D eigenvalue weighted by Gasteiger charge is -2.14. The van der Waals surface area contributed by atoms with Crippen LogP contribution < -0.4 is 11.1 Å². The minimum absolute atomic E-state index is 0.154. The van der Waals surface area contributed by atoms with Crippen LogP contribution in [0.4, 0.5) is 11.4 Å².